The van der Waals surface area contributed by atoms with Gasteiger partial charge in [-0.3, -0.25) is 0 Å². The molecule has 0 heterocycles. The summed E-state index contributed by atoms with van der Waals surface area (Å²) in [6, 6.07) is 0. The van der Waals surface area contributed by atoms with Crippen molar-refractivity contribution in [2.24, 2.45) is 5.41 Å². The average Bonchev–Trinajstić information content (AvgIpc) is 2.77. The molecule has 32 heavy (non-hydrogen) atoms. The molecule has 0 aromatic rings. The van der Waals surface area contributed by atoms with Crippen LogP contribution in [0.4, 0.5) is 0 Å². The van der Waals surface area contributed by atoms with Gasteiger partial charge in [0.25, 0.3) is 0 Å². The fourth-order valence-electron chi connectivity index (χ4n) is 1.72. The highest BCUT2D eigenvalue weighted by Crippen LogP contribution is 2.24. The topological polar surface area (TPSA) is 108 Å². The van der Waals surface area contributed by atoms with Gasteiger partial charge in [0.05, 0.1) is 5.41 Å². The monoisotopic (exact) mass is 453 g/mol. The minimum Gasteiger partial charge on any atom is -0.462 e. The first-order valence-electron chi connectivity index (χ1n) is 9.81. The van der Waals surface area contributed by atoms with Crippen LogP contribution in [0.15, 0.2) is 50.1 Å². The smallest absolute Gasteiger partial charge is 0.333 e. The van der Waals surface area contributed by atoms with Gasteiger partial charge < -0.3 is 23.8 Å². The van der Waals surface area contributed by atoms with Crippen molar-refractivity contribution >= 4 is 23.9 Å². The van der Waals surface area contributed by atoms with Crippen LogP contribution in [-0.4, -0.2) is 75.8 Å². The van der Waals surface area contributed by atoms with E-state index in [0.29, 0.717) is 18.6 Å². The summed E-state index contributed by atoms with van der Waals surface area (Å²) in [6.45, 7) is 17.7. The van der Waals surface area contributed by atoms with Crippen molar-refractivity contribution in [2.45, 2.75) is 20.3 Å². The summed E-state index contributed by atoms with van der Waals surface area (Å²) in [5.74, 6) is -2.15. The Morgan fingerprint density at radius 1 is 0.812 bits per heavy atom. The molecule has 0 rings (SSSR count). The summed E-state index contributed by atoms with van der Waals surface area (Å²) in [7, 11) is 3.85. The summed E-state index contributed by atoms with van der Waals surface area (Å²) >= 11 is 0. The molecule has 0 aliphatic heterocycles. The third kappa shape index (κ3) is 15.6. The largest absolute Gasteiger partial charge is 0.462 e. The maximum atomic E-state index is 11.2. The Morgan fingerprint density at radius 3 is 1.44 bits per heavy atom. The van der Waals surface area contributed by atoms with Crippen molar-refractivity contribution in [1.29, 1.82) is 0 Å². The first kappa shape index (κ1) is 31.0. The lowest BCUT2D eigenvalue weighted by molar-refractivity contribution is -0.156. The Kier molecular flexibility index (Phi) is 16.9. The summed E-state index contributed by atoms with van der Waals surface area (Å²) < 4.78 is 19.8. The molecule has 0 aliphatic carbocycles. The second-order valence-corrected chi connectivity index (χ2v) is 7.01. The van der Waals surface area contributed by atoms with E-state index in [1.165, 1.54) is 0 Å². The van der Waals surface area contributed by atoms with Crippen LogP contribution in [0.1, 0.15) is 20.3 Å². The van der Waals surface area contributed by atoms with Gasteiger partial charge in [0, 0.05) is 30.3 Å². The zero-order chi connectivity index (χ0) is 25.2. The predicted molar refractivity (Wildman–Crippen MR) is 121 cm³/mol. The Bertz CT molecular complexity index is 622. The Hall–Kier alpha value is -3.20. The molecule has 0 atom stereocenters. The van der Waals surface area contributed by atoms with Crippen LogP contribution in [0.3, 0.4) is 0 Å². The number of ether oxygens (including phenoxy) is 4. The third-order valence-corrected chi connectivity index (χ3v) is 3.93. The minimum absolute atomic E-state index is 0.0802. The average molecular weight is 454 g/mol. The zero-order valence-electron chi connectivity index (χ0n) is 19.5. The van der Waals surface area contributed by atoms with Gasteiger partial charge in [-0.15, -0.1) is 0 Å². The maximum absolute atomic E-state index is 11.2. The van der Waals surface area contributed by atoms with Gasteiger partial charge in [0.15, 0.2) is 0 Å². The fourth-order valence-corrected chi connectivity index (χ4v) is 1.72. The lowest BCUT2D eigenvalue weighted by atomic mass is 9.88. The van der Waals surface area contributed by atoms with Crippen LogP contribution in [0.2, 0.25) is 0 Å². The molecule has 180 valence electrons. The quantitative estimate of drug-likeness (QED) is 0.222. The maximum Gasteiger partial charge on any atom is 0.333 e. The summed E-state index contributed by atoms with van der Waals surface area (Å²) in [5, 5.41) is 0. The molecule has 0 aromatic carbocycles. The van der Waals surface area contributed by atoms with Crippen molar-refractivity contribution in [1.82, 2.24) is 4.90 Å². The fraction of sp³-hybridized carbons (Fsp3) is 0.478. The van der Waals surface area contributed by atoms with Crippen molar-refractivity contribution in [3.05, 3.63) is 50.1 Å². The van der Waals surface area contributed by atoms with Crippen LogP contribution < -0.4 is 0 Å². The van der Waals surface area contributed by atoms with Gasteiger partial charge in [0.2, 0.25) is 0 Å². The number of rotatable bonds is 14. The van der Waals surface area contributed by atoms with Crippen molar-refractivity contribution in [2.75, 3.05) is 47.1 Å². The van der Waals surface area contributed by atoms with E-state index in [-0.39, 0.29) is 25.8 Å². The Morgan fingerprint density at radius 2 is 1.19 bits per heavy atom. The molecule has 0 bridgehead atoms. The first-order chi connectivity index (χ1) is 15.0. The molecule has 0 N–H and O–H groups in total. The lowest BCUT2D eigenvalue weighted by Crippen LogP contribution is -2.38. The molecule has 0 aromatic heterocycles. The van der Waals surface area contributed by atoms with Crippen LogP contribution in [-0.2, 0) is 38.1 Å². The number of carbonyl (C=O) groups excluding carboxylic acids is 4. The van der Waals surface area contributed by atoms with E-state index in [4.69, 9.17) is 18.9 Å². The molecule has 0 spiro atoms. The zero-order valence-corrected chi connectivity index (χ0v) is 19.5. The summed E-state index contributed by atoms with van der Waals surface area (Å²) in [4.78, 5) is 46.3. The van der Waals surface area contributed by atoms with Gasteiger partial charge in [-0.25, -0.2) is 19.2 Å². The highest BCUT2D eigenvalue weighted by Gasteiger charge is 2.33. The van der Waals surface area contributed by atoms with Crippen molar-refractivity contribution in [3.63, 3.8) is 0 Å². The van der Waals surface area contributed by atoms with E-state index in [0.717, 1.165) is 24.8 Å². The first-order valence-corrected chi connectivity index (χ1v) is 9.81. The molecule has 0 radical (unpaired) electrons. The Balaban J connectivity index is 0. The second-order valence-electron chi connectivity index (χ2n) is 7.01. The molecule has 0 unspecified atom stereocenters. The number of hydrogen-bond donors (Lipinski definition) is 0. The van der Waals surface area contributed by atoms with Gasteiger partial charge in [-0.2, -0.15) is 0 Å². The molecular weight excluding hydrogens is 418 g/mol. The van der Waals surface area contributed by atoms with E-state index in [2.05, 4.69) is 26.3 Å². The highest BCUT2D eigenvalue weighted by atomic mass is 16.6. The van der Waals surface area contributed by atoms with Crippen LogP contribution in [0.25, 0.3) is 0 Å². The molecule has 9 heteroatoms. The number of esters is 4. The SMILES string of the molecule is C=C(C)C(=O)OCCN(C)C.C=CC(=O)OCC(CC)(COC(=O)C=C)COC(=O)C=C. The molecule has 0 saturated heterocycles. The molecule has 0 saturated carbocycles. The third-order valence-electron chi connectivity index (χ3n) is 3.93. The van der Waals surface area contributed by atoms with Crippen LogP contribution in [0, 0.1) is 5.41 Å². The second kappa shape index (κ2) is 17.5. The molecule has 0 amide bonds. The summed E-state index contributed by atoms with van der Waals surface area (Å²) in [6.07, 6.45) is 3.51. The molecule has 9 nitrogen and oxygen atoms in total. The molecular formula is C23H35NO8. The number of hydrogen-bond acceptors (Lipinski definition) is 9. The van der Waals surface area contributed by atoms with Gasteiger partial charge in [-0.1, -0.05) is 33.2 Å². The number of likely N-dealkylation sites (N-methyl/N-ethyl adjacent to an activating group) is 1. The van der Waals surface area contributed by atoms with Crippen LogP contribution in [0.5, 0.6) is 0 Å². The lowest BCUT2D eigenvalue weighted by Gasteiger charge is -2.30. The van der Waals surface area contributed by atoms with Gasteiger partial charge in [-0.05, 0) is 27.4 Å². The van der Waals surface area contributed by atoms with Gasteiger partial charge >= 0.3 is 23.9 Å². The van der Waals surface area contributed by atoms with Gasteiger partial charge in [0.1, 0.15) is 26.4 Å². The van der Waals surface area contributed by atoms with E-state index < -0.39 is 23.3 Å². The minimum atomic E-state index is -0.837. The van der Waals surface area contributed by atoms with Crippen molar-refractivity contribution in [3.8, 4) is 0 Å². The van der Waals surface area contributed by atoms with E-state index >= 15 is 0 Å². The van der Waals surface area contributed by atoms with E-state index in [9.17, 15) is 19.2 Å². The normalized spacial score (nSPS) is 10.0. The number of carbonyl (C=O) groups is 4. The summed E-state index contributed by atoms with van der Waals surface area (Å²) in [5.41, 5.74) is -0.389. The van der Waals surface area contributed by atoms with Crippen molar-refractivity contribution < 1.29 is 38.1 Å². The Labute approximate surface area is 190 Å². The highest BCUT2D eigenvalue weighted by molar-refractivity contribution is 5.86. The van der Waals surface area contributed by atoms with E-state index in [1.807, 2.05) is 19.0 Å². The number of nitrogens with zero attached hydrogens (tertiary/aromatic N) is 1. The molecule has 0 fully saturated rings. The van der Waals surface area contributed by atoms with E-state index in [1.54, 1.807) is 13.8 Å². The predicted octanol–water partition coefficient (Wildman–Crippen LogP) is 2.24. The standard InChI is InChI=1S/C15H20O6.C8H15NO2/c1-5-12(16)19-9-15(8-4,10-20-13(17)6-2)11-21-14(18)7-3;1-7(2)8(10)11-6-5-9(3)4/h5-7H,1-3,8-11H2,4H3;1,5-6H2,2-4H3. The van der Waals surface area contributed by atoms with Crippen LogP contribution >= 0.6 is 0 Å². The molecule has 0 aliphatic rings.